The summed E-state index contributed by atoms with van der Waals surface area (Å²) in [6, 6.07) is 3.76. The van der Waals surface area contributed by atoms with Crippen LogP contribution >= 0.6 is 0 Å². The molecule has 0 saturated carbocycles. The number of pyridine rings is 1. The van der Waals surface area contributed by atoms with Crippen LogP contribution in [0.25, 0.3) is 0 Å². The van der Waals surface area contributed by atoms with Crippen LogP contribution in [0.2, 0.25) is 0 Å². The number of rotatable bonds is 1. The second-order valence-corrected chi connectivity index (χ2v) is 7.13. The average Bonchev–Trinajstić information content (AvgIpc) is 2.55. The second kappa shape index (κ2) is 4.56. The Bertz CT molecular complexity index is 588. The van der Waals surface area contributed by atoms with Crippen LogP contribution in [0.5, 0.6) is 5.88 Å². The van der Waals surface area contributed by atoms with E-state index in [1.807, 2.05) is 12.1 Å². The van der Waals surface area contributed by atoms with Gasteiger partial charge in [-0.15, -0.1) is 0 Å². The molecule has 2 aliphatic heterocycles. The van der Waals surface area contributed by atoms with Crippen LogP contribution in [-0.4, -0.2) is 51.1 Å². The molecule has 0 spiro atoms. The molecular weight excluding hydrogens is 266 g/mol. The highest BCUT2D eigenvalue weighted by Gasteiger charge is 2.34. The third-order valence-electron chi connectivity index (χ3n) is 3.65. The Morgan fingerprint density at radius 1 is 1.47 bits per heavy atom. The molecule has 0 aliphatic carbocycles. The van der Waals surface area contributed by atoms with Gasteiger partial charge in [0, 0.05) is 25.2 Å². The first-order valence-corrected chi connectivity index (χ1v) is 8.17. The predicted molar refractivity (Wildman–Crippen MR) is 73.7 cm³/mol. The first kappa shape index (κ1) is 12.5. The number of methoxy groups -OCH3 is 1. The highest BCUT2D eigenvalue weighted by molar-refractivity contribution is 7.91. The predicted octanol–water partition coefficient (Wildman–Crippen LogP) is 0.509. The number of nitrogens with zero attached hydrogens (tertiary/aromatic N) is 2. The number of fused-ring (bicyclic) bond motifs is 3. The molecule has 0 bridgehead atoms. The van der Waals surface area contributed by atoms with E-state index in [4.69, 9.17) is 4.74 Å². The molecule has 0 radical (unpaired) electrons. The first-order chi connectivity index (χ1) is 9.09. The van der Waals surface area contributed by atoms with Crippen molar-refractivity contribution in [3.8, 4) is 5.88 Å². The van der Waals surface area contributed by atoms with Gasteiger partial charge in [0.25, 0.3) is 0 Å². The molecule has 6 nitrogen and oxygen atoms in total. The lowest BCUT2D eigenvalue weighted by molar-refractivity contribution is 0.397. The van der Waals surface area contributed by atoms with Gasteiger partial charge in [0.15, 0.2) is 15.7 Å². The maximum absolute atomic E-state index is 11.8. The van der Waals surface area contributed by atoms with Gasteiger partial charge in [-0.05, 0) is 12.5 Å². The Balaban J connectivity index is 2.00. The van der Waals surface area contributed by atoms with E-state index >= 15 is 0 Å². The Morgan fingerprint density at radius 2 is 2.32 bits per heavy atom. The number of anilines is 2. The average molecular weight is 283 g/mol. The number of hydrogen-bond acceptors (Lipinski definition) is 6. The topological polar surface area (TPSA) is 71.5 Å². The van der Waals surface area contributed by atoms with E-state index in [-0.39, 0.29) is 17.5 Å². The Morgan fingerprint density at radius 3 is 3.11 bits per heavy atom. The van der Waals surface area contributed by atoms with Gasteiger partial charge in [-0.2, -0.15) is 4.98 Å². The molecule has 104 valence electrons. The van der Waals surface area contributed by atoms with Gasteiger partial charge in [0.2, 0.25) is 5.88 Å². The summed E-state index contributed by atoms with van der Waals surface area (Å²) in [5, 5.41) is 3.31. The lowest BCUT2D eigenvalue weighted by atomic mass is 10.2. The van der Waals surface area contributed by atoms with Crippen molar-refractivity contribution in [2.24, 2.45) is 0 Å². The summed E-state index contributed by atoms with van der Waals surface area (Å²) in [4.78, 5) is 6.57. The SMILES string of the molecule is COc1ccc2c(n1)N1CCS(=O)(=O)CC1CCN2. The summed E-state index contributed by atoms with van der Waals surface area (Å²) in [6.45, 7) is 1.26. The quantitative estimate of drug-likeness (QED) is 0.809. The molecule has 1 unspecified atom stereocenters. The molecule has 1 saturated heterocycles. The van der Waals surface area contributed by atoms with Gasteiger partial charge in [-0.25, -0.2) is 8.42 Å². The van der Waals surface area contributed by atoms with Crippen LogP contribution in [0, 0.1) is 0 Å². The fraction of sp³-hybridized carbons (Fsp3) is 0.583. The smallest absolute Gasteiger partial charge is 0.215 e. The lowest BCUT2D eigenvalue weighted by Gasteiger charge is -2.35. The van der Waals surface area contributed by atoms with Crippen LogP contribution in [0.15, 0.2) is 12.1 Å². The molecule has 1 fully saturated rings. The van der Waals surface area contributed by atoms with Crippen molar-refractivity contribution in [1.29, 1.82) is 0 Å². The zero-order chi connectivity index (χ0) is 13.5. The largest absolute Gasteiger partial charge is 0.481 e. The van der Waals surface area contributed by atoms with Crippen molar-refractivity contribution in [2.45, 2.75) is 12.5 Å². The molecule has 1 aromatic rings. The Hall–Kier alpha value is -1.50. The maximum Gasteiger partial charge on any atom is 0.215 e. The normalized spacial score (nSPS) is 24.7. The minimum Gasteiger partial charge on any atom is -0.481 e. The van der Waals surface area contributed by atoms with Crippen molar-refractivity contribution in [1.82, 2.24) is 4.98 Å². The van der Waals surface area contributed by atoms with E-state index in [2.05, 4.69) is 15.2 Å². The van der Waals surface area contributed by atoms with Gasteiger partial charge in [-0.1, -0.05) is 0 Å². The molecule has 1 N–H and O–H groups in total. The summed E-state index contributed by atoms with van der Waals surface area (Å²) in [7, 11) is -1.34. The molecular formula is C12H17N3O3S. The minimum atomic E-state index is -2.92. The Kier molecular flexibility index (Phi) is 3.00. The summed E-state index contributed by atoms with van der Waals surface area (Å²) in [5.41, 5.74) is 0.947. The number of sulfone groups is 1. The van der Waals surface area contributed by atoms with Gasteiger partial charge in [-0.3, -0.25) is 0 Å². The van der Waals surface area contributed by atoms with Gasteiger partial charge in [0.1, 0.15) is 0 Å². The van der Waals surface area contributed by atoms with Crippen LogP contribution in [0.3, 0.4) is 0 Å². The highest BCUT2D eigenvalue weighted by atomic mass is 32.2. The van der Waals surface area contributed by atoms with Crippen LogP contribution in [0.4, 0.5) is 11.5 Å². The molecule has 7 heteroatoms. The van der Waals surface area contributed by atoms with Gasteiger partial charge < -0.3 is 15.0 Å². The zero-order valence-electron chi connectivity index (χ0n) is 10.8. The minimum absolute atomic E-state index is 0.00658. The van der Waals surface area contributed by atoms with E-state index in [0.717, 1.165) is 24.5 Å². The standard InChI is InChI=1S/C12H17N3O3S/c1-18-11-3-2-10-12(14-11)15-6-7-19(16,17)8-9(15)4-5-13-10/h2-3,9,13H,4-8H2,1H3. The monoisotopic (exact) mass is 283 g/mol. The molecule has 3 rings (SSSR count). The summed E-state index contributed by atoms with van der Waals surface area (Å²) in [6.07, 6.45) is 0.803. The molecule has 19 heavy (non-hydrogen) atoms. The van der Waals surface area contributed by atoms with Crippen molar-refractivity contribution in [2.75, 3.05) is 41.9 Å². The van der Waals surface area contributed by atoms with Crippen molar-refractivity contribution in [3.63, 3.8) is 0 Å². The third-order valence-corrected chi connectivity index (χ3v) is 5.35. The fourth-order valence-corrected chi connectivity index (χ4v) is 4.25. The van der Waals surface area contributed by atoms with Gasteiger partial charge >= 0.3 is 0 Å². The Labute approximate surface area is 112 Å². The third kappa shape index (κ3) is 2.34. The molecule has 0 amide bonds. The number of aromatic nitrogens is 1. The lowest BCUT2D eigenvalue weighted by Crippen LogP contribution is -2.48. The van der Waals surface area contributed by atoms with E-state index in [1.165, 1.54) is 0 Å². The fourth-order valence-electron chi connectivity index (χ4n) is 2.68. The number of ether oxygens (including phenoxy) is 1. The second-order valence-electron chi connectivity index (χ2n) is 4.90. The number of nitrogens with one attached hydrogen (secondary N) is 1. The van der Waals surface area contributed by atoms with Crippen molar-refractivity contribution in [3.05, 3.63) is 12.1 Å². The van der Waals surface area contributed by atoms with Crippen LogP contribution in [-0.2, 0) is 9.84 Å². The van der Waals surface area contributed by atoms with E-state index in [0.29, 0.717) is 12.4 Å². The van der Waals surface area contributed by atoms with E-state index in [1.54, 1.807) is 7.11 Å². The van der Waals surface area contributed by atoms with E-state index < -0.39 is 9.84 Å². The zero-order valence-corrected chi connectivity index (χ0v) is 11.6. The summed E-state index contributed by atoms with van der Waals surface area (Å²) in [5.74, 6) is 1.76. The molecule has 1 aromatic heterocycles. The summed E-state index contributed by atoms with van der Waals surface area (Å²) >= 11 is 0. The molecule has 3 heterocycles. The first-order valence-electron chi connectivity index (χ1n) is 6.35. The van der Waals surface area contributed by atoms with Crippen LogP contribution < -0.4 is 15.0 Å². The van der Waals surface area contributed by atoms with Gasteiger partial charge in [0.05, 0.1) is 24.3 Å². The van der Waals surface area contributed by atoms with Crippen molar-refractivity contribution >= 4 is 21.3 Å². The van der Waals surface area contributed by atoms with E-state index in [9.17, 15) is 8.42 Å². The molecule has 1 atom stereocenters. The van der Waals surface area contributed by atoms with Crippen molar-refractivity contribution < 1.29 is 13.2 Å². The summed E-state index contributed by atoms with van der Waals surface area (Å²) < 4.78 is 28.7. The number of hydrogen-bond donors (Lipinski definition) is 1. The highest BCUT2D eigenvalue weighted by Crippen LogP contribution is 2.33. The molecule has 0 aromatic carbocycles. The van der Waals surface area contributed by atoms with Crippen LogP contribution in [0.1, 0.15) is 6.42 Å². The molecule has 2 aliphatic rings. The maximum atomic E-state index is 11.8.